The molecular weight excluding hydrogens is 308 g/mol. The van der Waals surface area contributed by atoms with Crippen molar-refractivity contribution in [2.45, 2.75) is 30.4 Å². The van der Waals surface area contributed by atoms with Crippen molar-refractivity contribution in [1.82, 2.24) is 0 Å². The fourth-order valence-corrected chi connectivity index (χ4v) is 4.67. The van der Waals surface area contributed by atoms with E-state index in [2.05, 4.69) is 43.6 Å². The maximum atomic E-state index is 9.17. The van der Waals surface area contributed by atoms with Crippen molar-refractivity contribution >= 4 is 22.5 Å². The fraction of sp³-hybridized carbons (Fsp3) is 0.333. The van der Waals surface area contributed by atoms with Gasteiger partial charge in [0.2, 0.25) is 0 Å². The Balaban J connectivity index is 2.99. The second-order valence-electron chi connectivity index (χ2n) is 6.82. The zero-order valence-electron chi connectivity index (χ0n) is 14.2. The molecule has 5 heteroatoms. The Morgan fingerprint density at radius 3 is 1.65 bits per heavy atom. The molecule has 0 spiro atoms. The van der Waals surface area contributed by atoms with Crippen molar-refractivity contribution in [2.75, 3.05) is 12.5 Å². The molecule has 2 aliphatic carbocycles. The van der Waals surface area contributed by atoms with Crippen molar-refractivity contribution < 1.29 is 10.4 Å². The largest absolute Gasteiger partial charge is 0.411 e. The first kappa shape index (κ1) is 17.3. The van der Waals surface area contributed by atoms with Crippen LogP contribution in [0.25, 0.3) is 11.1 Å². The first-order valence-electron chi connectivity index (χ1n) is 7.38. The van der Waals surface area contributed by atoms with Gasteiger partial charge in [0, 0.05) is 16.0 Å². The molecule has 0 radical (unpaired) electrons. The zero-order chi connectivity index (χ0) is 17.3. The van der Waals surface area contributed by atoms with Gasteiger partial charge in [0.25, 0.3) is 0 Å². The first-order chi connectivity index (χ1) is 10.8. The Hall–Kier alpha value is -2.01. The van der Waals surface area contributed by atoms with Crippen molar-refractivity contribution in [3.05, 3.63) is 41.5 Å². The average Bonchev–Trinajstić information content (AvgIpc) is 2.62. The van der Waals surface area contributed by atoms with E-state index in [0.29, 0.717) is 0 Å². The quantitative estimate of drug-likeness (QED) is 0.489. The van der Waals surface area contributed by atoms with Crippen LogP contribution in [0.5, 0.6) is 0 Å². The summed E-state index contributed by atoms with van der Waals surface area (Å²) in [6.07, 6.45) is 7.47. The van der Waals surface area contributed by atoms with Gasteiger partial charge < -0.3 is 10.4 Å². The molecule has 124 valence electrons. The molecule has 0 heterocycles. The summed E-state index contributed by atoms with van der Waals surface area (Å²) < 4.78 is 0.0374. The Bertz CT molecular complexity index is 684. The maximum Gasteiger partial charge on any atom is 0.0751 e. The van der Waals surface area contributed by atoms with E-state index < -0.39 is 10.0 Å². The molecule has 0 saturated carbocycles. The molecule has 2 aliphatic rings. The minimum Gasteiger partial charge on any atom is -0.411 e. The van der Waals surface area contributed by atoms with Crippen LogP contribution in [-0.4, -0.2) is 40.1 Å². The summed E-state index contributed by atoms with van der Waals surface area (Å²) in [5, 5.41) is 24.9. The van der Waals surface area contributed by atoms with E-state index in [9.17, 15) is 0 Å². The molecule has 0 aromatic rings. The van der Waals surface area contributed by atoms with Crippen LogP contribution in [0.3, 0.4) is 0 Å². The Morgan fingerprint density at radius 1 is 0.870 bits per heavy atom. The fourth-order valence-electron chi connectivity index (χ4n) is 2.63. The molecule has 0 bridgehead atoms. The van der Waals surface area contributed by atoms with Crippen molar-refractivity contribution in [3.8, 4) is 11.1 Å². The van der Waals surface area contributed by atoms with Crippen LogP contribution in [0.4, 0.5) is 0 Å². The van der Waals surface area contributed by atoms with Gasteiger partial charge in [-0.2, -0.15) is 0 Å². The highest BCUT2D eigenvalue weighted by Crippen LogP contribution is 2.63. The van der Waals surface area contributed by atoms with Crippen LogP contribution in [0.2, 0.25) is 0 Å². The lowest BCUT2D eigenvalue weighted by atomic mass is 10.1. The van der Waals surface area contributed by atoms with Crippen LogP contribution in [0.15, 0.2) is 45.5 Å². The van der Waals surface area contributed by atoms with Gasteiger partial charge >= 0.3 is 0 Å². The first-order valence-corrected chi connectivity index (χ1v) is 9.83. The molecule has 4 nitrogen and oxygen atoms in total. The third-order valence-electron chi connectivity index (χ3n) is 4.52. The number of rotatable bonds is 3. The van der Waals surface area contributed by atoms with E-state index in [1.54, 1.807) is 0 Å². The van der Waals surface area contributed by atoms with Gasteiger partial charge in [-0.3, -0.25) is 0 Å². The van der Waals surface area contributed by atoms with E-state index in [4.69, 9.17) is 10.4 Å². The van der Waals surface area contributed by atoms with E-state index in [1.165, 1.54) is 12.4 Å². The van der Waals surface area contributed by atoms with Crippen molar-refractivity contribution in [2.24, 2.45) is 10.3 Å². The van der Waals surface area contributed by atoms with Crippen molar-refractivity contribution in [1.29, 1.82) is 0 Å². The summed E-state index contributed by atoms with van der Waals surface area (Å²) in [4.78, 5) is 1.10. The highest BCUT2D eigenvalue weighted by molar-refractivity contribution is 8.33. The summed E-state index contributed by atoms with van der Waals surface area (Å²) in [6, 6.07) is 9.87. The number of fused-ring (bicyclic) bond motifs is 1. The summed E-state index contributed by atoms with van der Waals surface area (Å²) in [6.45, 7) is 6.62. The Morgan fingerprint density at radius 2 is 1.30 bits per heavy atom. The van der Waals surface area contributed by atoms with Gasteiger partial charge in [0.05, 0.1) is 12.4 Å². The normalized spacial score (nSPS) is 14.1. The minimum atomic E-state index is -1.27. The molecule has 0 aliphatic heterocycles. The third kappa shape index (κ3) is 2.93. The van der Waals surface area contributed by atoms with Gasteiger partial charge in [-0.05, 0) is 28.4 Å². The SMILES string of the molecule is CC(C)(C)S(C)(C)c1c(/C=N/O)c2cccccc-2c1/C=N/O. The molecule has 0 atom stereocenters. The van der Waals surface area contributed by atoms with E-state index in [0.717, 1.165) is 27.1 Å². The lowest BCUT2D eigenvalue weighted by molar-refractivity contribution is 0.321. The molecule has 23 heavy (non-hydrogen) atoms. The summed E-state index contributed by atoms with van der Waals surface area (Å²) in [5.74, 6) is 0. The minimum absolute atomic E-state index is 0.0374. The van der Waals surface area contributed by atoms with Gasteiger partial charge in [0.15, 0.2) is 0 Å². The molecule has 2 rings (SSSR count). The smallest absolute Gasteiger partial charge is 0.0751 e. The molecule has 0 aromatic heterocycles. The van der Waals surface area contributed by atoms with Gasteiger partial charge in [-0.25, -0.2) is 10.0 Å². The molecular formula is C18H24N2O2S. The number of hydrogen-bond donors (Lipinski definition) is 2. The molecule has 0 aromatic carbocycles. The van der Waals surface area contributed by atoms with Crippen LogP contribution < -0.4 is 0 Å². The van der Waals surface area contributed by atoms with E-state index in [-0.39, 0.29) is 4.75 Å². The summed E-state index contributed by atoms with van der Waals surface area (Å²) >= 11 is 0. The standard InChI is InChI=1S/C18H24N2O2S/c1-18(2,3)23(4,5)17-15(11-19-21)13-9-7-6-8-10-14(13)16(17)12-20-22/h6-12,21-22H,1-5H3/b19-11+,20-12+. The van der Waals surface area contributed by atoms with Crippen LogP contribution in [0.1, 0.15) is 31.9 Å². The Labute approximate surface area is 139 Å². The zero-order valence-corrected chi connectivity index (χ0v) is 15.1. The lowest BCUT2D eigenvalue weighted by Gasteiger charge is -2.45. The second-order valence-corrected chi connectivity index (χ2v) is 11.1. The Kier molecular flexibility index (Phi) is 4.71. The lowest BCUT2D eigenvalue weighted by Crippen LogP contribution is -2.24. The second kappa shape index (κ2) is 6.24. The van der Waals surface area contributed by atoms with Crippen LogP contribution in [0, 0.1) is 0 Å². The molecule has 2 N–H and O–H groups in total. The van der Waals surface area contributed by atoms with Crippen LogP contribution in [-0.2, 0) is 0 Å². The highest BCUT2D eigenvalue weighted by Gasteiger charge is 2.36. The van der Waals surface area contributed by atoms with Gasteiger partial charge in [-0.15, -0.1) is 0 Å². The number of nitrogens with zero attached hydrogens (tertiary/aromatic N) is 2. The van der Waals surface area contributed by atoms with E-state index in [1.807, 2.05) is 30.3 Å². The predicted molar refractivity (Wildman–Crippen MR) is 99.3 cm³/mol. The van der Waals surface area contributed by atoms with E-state index >= 15 is 0 Å². The number of hydrogen-bond acceptors (Lipinski definition) is 4. The van der Waals surface area contributed by atoms with Crippen molar-refractivity contribution in [3.63, 3.8) is 0 Å². The molecule has 0 unspecified atom stereocenters. The van der Waals surface area contributed by atoms with Gasteiger partial charge in [0.1, 0.15) is 0 Å². The molecule has 0 fully saturated rings. The molecule has 0 saturated heterocycles. The third-order valence-corrected chi connectivity index (χ3v) is 9.04. The maximum absolute atomic E-state index is 9.17. The topological polar surface area (TPSA) is 65.2 Å². The molecule has 0 amide bonds. The monoisotopic (exact) mass is 332 g/mol. The van der Waals surface area contributed by atoms with Gasteiger partial charge in [-0.1, -0.05) is 61.4 Å². The predicted octanol–water partition coefficient (Wildman–Crippen LogP) is 4.63. The average molecular weight is 332 g/mol. The van der Waals surface area contributed by atoms with Crippen LogP contribution >= 0.6 is 10.0 Å². The summed E-state index contributed by atoms with van der Waals surface area (Å²) in [5.41, 5.74) is 3.76. The number of oxime groups is 2. The highest BCUT2D eigenvalue weighted by atomic mass is 32.3. The summed E-state index contributed by atoms with van der Waals surface area (Å²) in [7, 11) is -1.27.